The number of pyridine rings is 2. The fraction of sp³-hybridized carbons (Fsp3) is 0. The van der Waals surface area contributed by atoms with Crippen molar-refractivity contribution in [2.45, 2.75) is 0 Å². The Kier molecular flexibility index (Phi) is 7.26. The Morgan fingerprint density at radius 2 is 0.655 bits per heavy atom. The molecule has 0 aliphatic heterocycles. The predicted octanol–water partition coefficient (Wildman–Crippen LogP) is 15.2. The summed E-state index contributed by atoms with van der Waals surface area (Å²) in [6.45, 7) is 0. The van der Waals surface area contributed by atoms with Crippen LogP contribution in [0.15, 0.2) is 207 Å². The second-order valence-electron chi connectivity index (χ2n) is 15.2. The smallest absolute Gasteiger partial charge is 0.0708 e. The number of aromatic nitrogens is 2. The van der Waals surface area contributed by atoms with Gasteiger partial charge in [-0.15, -0.1) is 0 Å². The highest BCUT2D eigenvalue weighted by Gasteiger charge is 2.22. The lowest BCUT2D eigenvalue weighted by atomic mass is 9.83. The summed E-state index contributed by atoms with van der Waals surface area (Å²) in [7, 11) is 0. The maximum Gasteiger partial charge on any atom is 0.0708 e. The quantitative estimate of drug-likeness (QED) is 0.133. The molecule has 0 aliphatic rings. The summed E-state index contributed by atoms with van der Waals surface area (Å²) in [5.41, 5.74) is 11.5. The van der Waals surface area contributed by atoms with Crippen LogP contribution < -0.4 is 0 Å². The maximum absolute atomic E-state index is 5.11. The molecule has 0 atom stereocenters. The molecule has 12 aromatic rings. The fourth-order valence-corrected chi connectivity index (χ4v) is 9.60. The lowest BCUT2D eigenvalue weighted by Crippen LogP contribution is -1.95. The minimum atomic E-state index is 0.989. The molecular weight excluding hydrogens is 701 g/mol. The van der Waals surface area contributed by atoms with Crippen LogP contribution in [0.1, 0.15) is 0 Å². The Labute approximate surface area is 335 Å². The molecule has 2 heteroatoms. The van der Waals surface area contributed by atoms with Crippen molar-refractivity contribution in [3.8, 4) is 44.5 Å². The molecule has 58 heavy (non-hydrogen) atoms. The molecule has 0 unspecified atom stereocenters. The van der Waals surface area contributed by atoms with Gasteiger partial charge in [-0.25, -0.2) is 0 Å². The van der Waals surface area contributed by atoms with Crippen molar-refractivity contribution in [2.75, 3.05) is 0 Å². The van der Waals surface area contributed by atoms with E-state index in [-0.39, 0.29) is 0 Å². The van der Waals surface area contributed by atoms with Gasteiger partial charge in [-0.2, -0.15) is 0 Å². The molecule has 0 saturated heterocycles. The summed E-state index contributed by atoms with van der Waals surface area (Å²) in [5, 5.41) is 14.4. The monoisotopic (exact) mass is 734 g/mol. The van der Waals surface area contributed by atoms with Gasteiger partial charge >= 0.3 is 0 Å². The molecule has 0 amide bonds. The molecule has 2 aromatic heterocycles. The summed E-state index contributed by atoms with van der Waals surface area (Å²) in [6.07, 6.45) is 4.20. The molecule has 0 N–H and O–H groups in total. The Hall–Kier alpha value is -7.68. The summed E-state index contributed by atoms with van der Waals surface area (Å²) in [6, 6.07) is 70.4. The van der Waals surface area contributed by atoms with E-state index in [2.05, 4.69) is 207 Å². The van der Waals surface area contributed by atoms with Crippen LogP contribution in [-0.4, -0.2) is 9.97 Å². The topological polar surface area (TPSA) is 25.8 Å². The summed E-state index contributed by atoms with van der Waals surface area (Å²) < 4.78 is 0. The largest absolute Gasteiger partial charge is 0.256 e. The highest BCUT2D eigenvalue weighted by molar-refractivity contribution is 6.29. The summed E-state index contributed by atoms with van der Waals surface area (Å²) in [5.74, 6) is 0. The van der Waals surface area contributed by atoms with Crippen molar-refractivity contribution >= 4 is 75.7 Å². The average Bonchev–Trinajstić information content (AvgIpc) is 3.30. The van der Waals surface area contributed by atoms with Crippen LogP contribution >= 0.6 is 0 Å². The van der Waals surface area contributed by atoms with Gasteiger partial charge in [-0.1, -0.05) is 170 Å². The minimum absolute atomic E-state index is 0.989. The molecule has 0 bridgehead atoms. The van der Waals surface area contributed by atoms with Gasteiger partial charge in [0.15, 0.2) is 0 Å². The van der Waals surface area contributed by atoms with Crippen LogP contribution in [0, 0.1) is 0 Å². The molecule has 0 saturated carbocycles. The second-order valence-corrected chi connectivity index (χ2v) is 15.2. The molecule has 268 valence electrons. The lowest BCUT2D eigenvalue weighted by molar-refractivity contribution is 1.44. The molecule has 10 aromatic carbocycles. The number of nitrogens with zero attached hydrogens (tertiary/aromatic N) is 2. The van der Waals surface area contributed by atoms with Gasteiger partial charge in [-0.3, -0.25) is 9.97 Å². The van der Waals surface area contributed by atoms with Crippen molar-refractivity contribution in [1.29, 1.82) is 0 Å². The van der Waals surface area contributed by atoms with Gasteiger partial charge in [0.05, 0.1) is 11.0 Å². The van der Waals surface area contributed by atoms with Gasteiger partial charge < -0.3 is 0 Å². The molecule has 0 spiro atoms. The van der Waals surface area contributed by atoms with E-state index < -0.39 is 0 Å². The second kappa shape index (κ2) is 12.9. The highest BCUT2D eigenvalue weighted by atomic mass is 14.7. The van der Waals surface area contributed by atoms with Crippen molar-refractivity contribution < 1.29 is 0 Å². The zero-order valence-electron chi connectivity index (χ0n) is 31.5. The summed E-state index contributed by atoms with van der Waals surface area (Å²) in [4.78, 5) is 10.2. The van der Waals surface area contributed by atoms with Crippen LogP contribution in [0.4, 0.5) is 0 Å². The first-order valence-corrected chi connectivity index (χ1v) is 19.9. The molecule has 2 heterocycles. The SMILES string of the molecule is c1ccc(-c2c3ccccc3c(-c3cccc(-c4c5ccccc5c(-c5ccc6ccccc6c5)c5c4cnc4ccccc45)c3)c3cnc4ccccc4c23)cc1. The van der Waals surface area contributed by atoms with E-state index in [9.17, 15) is 0 Å². The van der Waals surface area contributed by atoms with Crippen LogP contribution in [0.5, 0.6) is 0 Å². The highest BCUT2D eigenvalue weighted by Crippen LogP contribution is 2.49. The molecule has 12 rings (SSSR count). The average molecular weight is 735 g/mol. The molecule has 0 fully saturated rings. The summed E-state index contributed by atoms with van der Waals surface area (Å²) >= 11 is 0. The molecule has 0 aliphatic carbocycles. The van der Waals surface area contributed by atoms with Crippen LogP contribution in [0.3, 0.4) is 0 Å². The number of rotatable bonds is 4. The van der Waals surface area contributed by atoms with E-state index in [0.717, 1.165) is 43.7 Å². The van der Waals surface area contributed by atoms with E-state index in [1.165, 1.54) is 76.5 Å². The Morgan fingerprint density at radius 1 is 0.241 bits per heavy atom. The normalized spacial score (nSPS) is 11.8. The predicted molar refractivity (Wildman–Crippen MR) is 246 cm³/mol. The van der Waals surface area contributed by atoms with E-state index in [1.807, 2.05) is 0 Å². The maximum atomic E-state index is 5.11. The van der Waals surface area contributed by atoms with Crippen molar-refractivity contribution in [3.05, 3.63) is 207 Å². The number of hydrogen-bond acceptors (Lipinski definition) is 2. The van der Waals surface area contributed by atoms with Gasteiger partial charge in [0.25, 0.3) is 0 Å². The zero-order valence-corrected chi connectivity index (χ0v) is 31.5. The van der Waals surface area contributed by atoms with Crippen molar-refractivity contribution in [2.24, 2.45) is 0 Å². The zero-order chi connectivity index (χ0) is 38.2. The first kappa shape index (κ1) is 32.6. The van der Waals surface area contributed by atoms with E-state index in [0.29, 0.717) is 0 Å². The Bertz CT molecular complexity index is 3620. The Balaban J connectivity index is 1.19. The standard InChI is InChI=1S/C56H34N2/c1-2-16-36(17-3-1)53-43-23-8-6-21-41(43)51(47-33-57-49-27-12-10-25-45(49)55(47)53)38-19-14-20-39(32-38)52-42-22-7-9-24-44(42)54(40-30-29-35-15-4-5-18-37(35)31-40)56-46-26-11-13-28-50(46)58-34-48(52)56/h1-34H. The first-order valence-electron chi connectivity index (χ1n) is 19.9. The molecule has 0 radical (unpaired) electrons. The number of hydrogen-bond donors (Lipinski definition) is 0. The van der Waals surface area contributed by atoms with Crippen LogP contribution in [-0.2, 0) is 0 Å². The van der Waals surface area contributed by atoms with E-state index in [4.69, 9.17) is 9.97 Å². The van der Waals surface area contributed by atoms with Crippen LogP contribution in [0.25, 0.3) is 120 Å². The number of fused-ring (bicyclic) bond motifs is 9. The van der Waals surface area contributed by atoms with Gasteiger partial charge in [-0.05, 0) is 101 Å². The third kappa shape index (κ3) is 4.92. The number of benzene rings is 10. The van der Waals surface area contributed by atoms with Crippen molar-refractivity contribution in [3.63, 3.8) is 0 Å². The third-order valence-corrected chi connectivity index (χ3v) is 12.1. The lowest BCUT2D eigenvalue weighted by Gasteiger charge is -2.21. The fourth-order valence-electron chi connectivity index (χ4n) is 9.60. The molecule has 2 nitrogen and oxygen atoms in total. The minimum Gasteiger partial charge on any atom is -0.256 e. The van der Waals surface area contributed by atoms with Gasteiger partial charge in [0.1, 0.15) is 0 Å². The van der Waals surface area contributed by atoms with Crippen LogP contribution in [0.2, 0.25) is 0 Å². The molecular formula is C56H34N2. The van der Waals surface area contributed by atoms with Gasteiger partial charge in [0, 0.05) is 44.7 Å². The van der Waals surface area contributed by atoms with Crippen molar-refractivity contribution in [1.82, 2.24) is 9.97 Å². The van der Waals surface area contributed by atoms with E-state index >= 15 is 0 Å². The third-order valence-electron chi connectivity index (χ3n) is 12.1. The Morgan fingerprint density at radius 3 is 1.22 bits per heavy atom. The first-order chi connectivity index (χ1) is 28.8. The number of para-hydroxylation sites is 2. The van der Waals surface area contributed by atoms with E-state index in [1.54, 1.807) is 0 Å². The van der Waals surface area contributed by atoms with Gasteiger partial charge in [0.2, 0.25) is 0 Å².